The molecule has 1 unspecified atom stereocenters. The van der Waals surface area contributed by atoms with Crippen molar-refractivity contribution < 1.29 is 23.1 Å². The number of esters is 1. The van der Waals surface area contributed by atoms with Gasteiger partial charge in [-0.3, -0.25) is 9.78 Å². The number of aromatic nitrogens is 1. The van der Waals surface area contributed by atoms with Crippen molar-refractivity contribution in [2.24, 2.45) is 0 Å². The number of ether oxygens (including phenoxy) is 1. The summed E-state index contributed by atoms with van der Waals surface area (Å²) >= 11 is 0. The third-order valence-corrected chi connectivity index (χ3v) is 4.78. The number of carbonyl (C=O) groups is 1. The van der Waals surface area contributed by atoms with E-state index in [0.717, 1.165) is 23.6 Å². The summed E-state index contributed by atoms with van der Waals surface area (Å²) in [5.74, 6) is -1.05. The summed E-state index contributed by atoms with van der Waals surface area (Å²) in [6, 6.07) is 8.28. The highest BCUT2D eigenvalue weighted by Crippen LogP contribution is 2.17. The monoisotopic (exact) mass is 364 g/mol. The van der Waals surface area contributed by atoms with Crippen LogP contribution in [0.5, 0.6) is 0 Å². The number of nitrogens with zero attached hydrogens (tertiary/aromatic N) is 1. The molecule has 134 valence electrons. The number of hydrogen-bond acceptors (Lipinski definition) is 6. The quantitative estimate of drug-likeness (QED) is 0.679. The Morgan fingerprint density at radius 1 is 1.36 bits per heavy atom. The molecule has 25 heavy (non-hydrogen) atoms. The van der Waals surface area contributed by atoms with Crippen molar-refractivity contribution in [3.05, 3.63) is 48.2 Å². The van der Waals surface area contributed by atoms with Gasteiger partial charge in [0.05, 0.1) is 18.4 Å². The van der Waals surface area contributed by atoms with E-state index in [4.69, 9.17) is 5.11 Å². The second-order valence-corrected chi connectivity index (χ2v) is 7.11. The Kier molecular flexibility index (Phi) is 6.63. The summed E-state index contributed by atoms with van der Waals surface area (Å²) in [5, 5.41) is 9.90. The number of aliphatic hydroxyl groups is 1. The van der Waals surface area contributed by atoms with Crippen LogP contribution in [-0.4, -0.2) is 50.0 Å². The van der Waals surface area contributed by atoms with E-state index in [9.17, 15) is 13.2 Å². The number of benzene rings is 1. The van der Waals surface area contributed by atoms with Gasteiger partial charge in [0.2, 0.25) is 10.0 Å². The van der Waals surface area contributed by atoms with Gasteiger partial charge in [0, 0.05) is 23.8 Å². The van der Waals surface area contributed by atoms with E-state index in [0.29, 0.717) is 0 Å². The van der Waals surface area contributed by atoms with Gasteiger partial charge in [-0.2, -0.15) is 0 Å². The molecule has 0 aliphatic heterocycles. The van der Waals surface area contributed by atoms with Crippen LogP contribution in [0.4, 0.5) is 0 Å². The van der Waals surface area contributed by atoms with Gasteiger partial charge in [-0.05, 0) is 12.5 Å². The lowest BCUT2D eigenvalue weighted by Gasteiger charge is -2.14. The molecule has 7 nitrogen and oxygen atoms in total. The number of para-hydroxylation sites is 1. The summed E-state index contributed by atoms with van der Waals surface area (Å²) < 4.78 is 31.0. The highest BCUT2D eigenvalue weighted by molar-refractivity contribution is 7.89. The maximum Gasteiger partial charge on any atom is 0.323 e. The summed E-state index contributed by atoms with van der Waals surface area (Å²) in [5.41, 5.74) is 1.58. The normalized spacial score (nSPS) is 13.2. The van der Waals surface area contributed by atoms with E-state index in [1.54, 1.807) is 12.3 Å². The predicted molar refractivity (Wildman–Crippen MR) is 95.2 cm³/mol. The third kappa shape index (κ3) is 5.35. The molecular weight excluding hydrogens is 344 g/mol. The lowest BCUT2D eigenvalue weighted by molar-refractivity contribution is -0.143. The van der Waals surface area contributed by atoms with E-state index < -0.39 is 22.0 Å². The molecule has 0 bridgehead atoms. The number of fused-ring (bicyclic) bond motifs is 1. The van der Waals surface area contributed by atoms with Crippen LogP contribution in [0.2, 0.25) is 0 Å². The highest BCUT2D eigenvalue weighted by atomic mass is 32.2. The third-order valence-electron chi connectivity index (χ3n) is 3.50. The molecule has 1 aromatic carbocycles. The van der Waals surface area contributed by atoms with E-state index in [2.05, 4.69) is 14.4 Å². The fraction of sp³-hybridized carbons (Fsp3) is 0.294. The molecule has 8 heteroatoms. The van der Waals surface area contributed by atoms with Crippen molar-refractivity contribution in [3.63, 3.8) is 0 Å². The molecule has 2 aromatic rings. The minimum Gasteiger partial charge on any atom is -0.468 e. The van der Waals surface area contributed by atoms with Gasteiger partial charge in [-0.15, -0.1) is 0 Å². The van der Waals surface area contributed by atoms with E-state index >= 15 is 0 Å². The van der Waals surface area contributed by atoms with Crippen LogP contribution in [-0.2, 0) is 19.6 Å². The van der Waals surface area contributed by atoms with E-state index in [1.165, 1.54) is 6.08 Å². The zero-order valence-corrected chi connectivity index (χ0v) is 14.6. The average molecular weight is 364 g/mol. The first-order valence-electron chi connectivity index (χ1n) is 7.66. The Balaban J connectivity index is 2.10. The molecular formula is C17H20N2O5S. The van der Waals surface area contributed by atoms with Gasteiger partial charge in [0.1, 0.15) is 6.04 Å². The lowest BCUT2D eigenvalue weighted by atomic mass is 10.1. The number of nitrogens with one attached hydrogen (secondary N) is 1. The van der Waals surface area contributed by atoms with Crippen molar-refractivity contribution in [2.45, 2.75) is 12.5 Å². The summed E-state index contributed by atoms with van der Waals surface area (Å²) in [6.07, 6.45) is 4.78. The molecule has 0 saturated carbocycles. The first-order chi connectivity index (χ1) is 12.0. The number of aliphatic hydroxyl groups excluding tert-OH is 1. The molecule has 0 amide bonds. The van der Waals surface area contributed by atoms with Crippen LogP contribution < -0.4 is 4.72 Å². The van der Waals surface area contributed by atoms with Crippen molar-refractivity contribution in [2.75, 3.05) is 19.5 Å². The van der Waals surface area contributed by atoms with Gasteiger partial charge in [-0.25, -0.2) is 13.1 Å². The van der Waals surface area contributed by atoms with Gasteiger partial charge in [-0.1, -0.05) is 36.4 Å². The summed E-state index contributed by atoms with van der Waals surface area (Å²) in [6.45, 7) is -0.334. The molecule has 1 atom stereocenters. The first-order valence-corrected chi connectivity index (χ1v) is 9.31. The summed E-state index contributed by atoms with van der Waals surface area (Å²) in [7, 11) is -2.59. The fourth-order valence-electron chi connectivity index (χ4n) is 2.33. The van der Waals surface area contributed by atoms with Crippen molar-refractivity contribution in [1.82, 2.24) is 9.71 Å². The molecule has 1 heterocycles. The number of rotatable bonds is 8. The van der Waals surface area contributed by atoms with Crippen LogP contribution in [0.3, 0.4) is 0 Å². The maximum absolute atomic E-state index is 12.1. The van der Waals surface area contributed by atoms with Crippen LogP contribution in [0, 0.1) is 0 Å². The highest BCUT2D eigenvalue weighted by Gasteiger charge is 2.23. The minimum atomic E-state index is -3.75. The zero-order chi connectivity index (χ0) is 18.3. The standard InChI is InChI=1S/C17H20N2O5S/c1-24-17(21)15(9-11-20)19-25(22,23)12-4-8-14-6-2-5-13-7-3-10-18-16(13)14/h2-8,10,15,19-20H,9,11-12H2,1H3. The second-order valence-electron chi connectivity index (χ2n) is 5.31. The molecule has 2 rings (SSSR count). The Morgan fingerprint density at radius 2 is 2.12 bits per heavy atom. The number of methoxy groups -OCH3 is 1. The predicted octanol–water partition coefficient (Wildman–Crippen LogP) is 1.09. The number of sulfonamides is 1. The summed E-state index contributed by atoms with van der Waals surface area (Å²) in [4.78, 5) is 15.8. The second kappa shape index (κ2) is 8.70. The topological polar surface area (TPSA) is 106 Å². The Labute approximate surface area is 146 Å². The maximum atomic E-state index is 12.1. The van der Waals surface area contributed by atoms with Gasteiger partial charge in [0.25, 0.3) is 0 Å². The number of hydrogen-bond donors (Lipinski definition) is 2. The molecule has 0 aliphatic carbocycles. The Bertz CT molecular complexity index is 859. The number of carbonyl (C=O) groups excluding carboxylic acids is 1. The Morgan fingerprint density at radius 3 is 2.84 bits per heavy atom. The Hall–Kier alpha value is -2.29. The van der Waals surface area contributed by atoms with Crippen LogP contribution in [0.25, 0.3) is 17.0 Å². The first kappa shape index (κ1) is 19.0. The van der Waals surface area contributed by atoms with Crippen LogP contribution >= 0.6 is 0 Å². The zero-order valence-electron chi connectivity index (χ0n) is 13.8. The molecule has 1 aromatic heterocycles. The van der Waals surface area contributed by atoms with E-state index in [1.807, 2.05) is 30.3 Å². The van der Waals surface area contributed by atoms with Crippen LogP contribution in [0.15, 0.2) is 42.6 Å². The van der Waals surface area contributed by atoms with Crippen molar-refractivity contribution >= 4 is 33.0 Å². The van der Waals surface area contributed by atoms with Gasteiger partial charge < -0.3 is 9.84 Å². The number of pyridine rings is 1. The van der Waals surface area contributed by atoms with E-state index in [-0.39, 0.29) is 18.8 Å². The molecule has 0 aliphatic rings. The molecule has 2 N–H and O–H groups in total. The van der Waals surface area contributed by atoms with Crippen molar-refractivity contribution in [1.29, 1.82) is 0 Å². The molecule has 0 radical (unpaired) electrons. The molecule has 0 saturated heterocycles. The van der Waals surface area contributed by atoms with Gasteiger partial charge in [0.15, 0.2) is 0 Å². The average Bonchev–Trinajstić information content (AvgIpc) is 2.60. The van der Waals surface area contributed by atoms with Crippen molar-refractivity contribution in [3.8, 4) is 0 Å². The lowest BCUT2D eigenvalue weighted by Crippen LogP contribution is -2.42. The molecule has 0 spiro atoms. The largest absolute Gasteiger partial charge is 0.468 e. The minimum absolute atomic E-state index is 0.0527. The SMILES string of the molecule is COC(=O)C(CCO)NS(=O)(=O)CC=Cc1cccc2cccnc12. The van der Waals surface area contributed by atoms with Crippen LogP contribution in [0.1, 0.15) is 12.0 Å². The van der Waals surface area contributed by atoms with Gasteiger partial charge >= 0.3 is 5.97 Å². The fourth-order valence-corrected chi connectivity index (χ4v) is 3.42. The smallest absolute Gasteiger partial charge is 0.323 e. The molecule has 0 fully saturated rings.